The average Bonchev–Trinajstić information content (AvgIpc) is 3.20. The topological polar surface area (TPSA) is 46.5 Å². The van der Waals surface area contributed by atoms with Gasteiger partial charge in [0.1, 0.15) is 0 Å². The van der Waals surface area contributed by atoms with Crippen LogP contribution in [0.2, 0.25) is 0 Å². The number of benzene rings is 2. The molecule has 1 aliphatic rings. The van der Waals surface area contributed by atoms with Gasteiger partial charge in [-0.2, -0.15) is 0 Å². The SMILES string of the molecule is CCn1cc(C(CC(=O)NCCCN2CCOCC2)c2ccc(C)cc2)c2ccccc21. The summed E-state index contributed by atoms with van der Waals surface area (Å²) in [5.74, 6) is 0.151. The molecule has 2 heterocycles. The Balaban J connectivity index is 1.48. The van der Waals surface area contributed by atoms with Crippen LogP contribution in [0, 0.1) is 6.92 Å². The summed E-state index contributed by atoms with van der Waals surface area (Å²) in [4.78, 5) is 15.4. The van der Waals surface area contributed by atoms with E-state index in [2.05, 4.69) is 83.4 Å². The summed E-state index contributed by atoms with van der Waals surface area (Å²) in [5.41, 5.74) is 4.89. The molecule has 0 radical (unpaired) electrons. The molecule has 0 aliphatic carbocycles. The van der Waals surface area contributed by atoms with Crippen LogP contribution in [0.15, 0.2) is 54.7 Å². The highest BCUT2D eigenvalue weighted by Crippen LogP contribution is 2.35. The van der Waals surface area contributed by atoms with E-state index in [0.29, 0.717) is 13.0 Å². The molecule has 5 nitrogen and oxygen atoms in total. The molecule has 4 rings (SSSR count). The van der Waals surface area contributed by atoms with Crippen molar-refractivity contribution in [3.63, 3.8) is 0 Å². The van der Waals surface area contributed by atoms with Crippen molar-refractivity contribution in [1.82, 2.24) is 14.8 Å². The summed E-state index contributed by atoms with van der Waals surface area (Å²) in [7, 11) is 0. The summed E-state index contributed by atoms with van der Waals surface area (Å²) >= 11 is 0. The van der Waals surface area contributed by atoms with Crippen LogP contribution >= 0.6 is 0 Å². The number of carbonyl (C=O) groups is 1. The summed E-state index contributed by atoms with van der Waals surface area (Å²) in [5, 5.41) is 4.40. The fourth-order valence-electron chi connectivity index (χ4n) is 4.63. The highest BCUT2D eigenvalue weighted by molar-refractivity contribution is 5.86. The first-order valence-corrected chi connectivity index (χ1v) is 11.9. The molecule has 1 aliphatic heterocycles. The number of ether oxygens (including phenoxy) is 1. The Kier molecular flexibility index (Phi) is 7.61. The first kappa shape index (κ1) is 22.6. The molecule has 1 atom stereocenters. The lowest BCUT2D eigenvalue weighted by Crippen LogP contribution is -2.38. The number of aromatic nitrogens is 1. The second kappa shape index (κ2) is 10.8. The lowest BCUT2D eigenvalue weighted by molar-refractivity contribution is -0.121. The maximum absolute atomic E-state index is 13.0. The third kappa shape index (κ3) is 5.40. The van der Waals surface area contributed by atoms with E-state index < -0.39 is 0 Å². The fraction of sp³-hybridized carbons (Fsp3) is 0.444. The smallest absolute Gasteiger partial charge is 0.220 e. The van der Waals surface area contributed by atoms with E-state index in [9.17, 15) is 4.79 Å². The second-order valence-corrected chi connectivity index (χ2v) is 8.71. The van der Waals surface area contributed by atoms with Crippen LogP contribution in [0.25, 0.3) is 10.9 Å². The molecule has 1 fully saturated rings. The molecule has 170 valence electrons. The Bertz CT molecular complexity index is 1020. The number of morpholine rings is 1. The molecular weight excluding hydrogens is 398 g/mol. The Morgan fingerprint density at radius 2 is 1.84 bits per heavy atom. The maximum Gasteiger partial charge on any atom is 0.220 e. The van der Waals surface area contributed by atoms with Gasteiger partial charge in [-0.15, -0.1) is 0 Å². The van der Waals surface area contributed by atoms with Crippen LogP contribution in [-0.4, -0.2) is 54.8 Å². The Morgan fingerprint density at radius 1 is 1.09 bits per heavy atom. The number of amides is 1. The second-order valence-electron chi connectivity index (χ2n) is 8.71. The monoisotopic (exact) mass is 433 g/mol. The standard InChI is InChI=1S/C27H35N3O2/c1-3-30-20-25(23-7-4-5-8-26(23)30)24(22-11-9-21(2)10-12-22)19-27(31)28-13-6-14-29-15-17-32-18-16-29/h4-5,7-12,20,24H,3,6,13-19H2,1-2H3,(H,28,31). The molecule has 0 saturated carbocycles. The minimum atomic E-state index is 0.0348. The van der Waals surface area contributed by atoms with E-state index in [1.807, 2.05) is 0 Å². The quantitative estimate of drug-likeness (QED) is 0.511. The predicted octanol–water partition coefficient (Wildman–Crippen LogP) is 4.33. The number of aryl methyl sites for hydroxylation is 2. The number of hydrogen-bond donors (Lipinski definition) is 1. The zero-order valence-electron chi connectivity index (χ0n) is 19.3. The number of para-hydroxylation sites is 1. The normalized spacial score (nSPS) is 15.7. The van der Waals surface area contributed by atoms with Gasteiger partial charge in [-0.3, -0.25) is 9.69 Å². The fourth-order valence-corrected chi connectivity index (χ4v) is 4.63. The summed E-state index contributed by atoms with van der Waals surface area (Å²) in [6, 6.07) is 17.1. The zero-order chi connectivity index (χ0) is 22.3. The van der Waals surface area contributed by atoms with Crippen molar-refractivity contribution in [3.8, 4) is 0 Å². The molecule has 1 aromatic heterocycles. The molecule has 1 amide bonds. The van der Waals surface area contributed by atoms with Crippen LogP contribution in [0.3, 0.4) is 0 Å². The van der Waals surface area contributed by atoms with Gasteiger partial charge in [0.2, 0.25) is 5.91 Å². The number of carbonyl (C=O) groups excluding carboxylic acids is 1. The Labute approximate surface area is 191 Å². The zero-order valence-corrected chi connectivity index (χ0v) is 19.3. The van der Waals surface area contributed by atoms with Gasteiger partial charge < -0.3 is 14.6 Å². The van der Waals surface area contributed by atoms with Crippen molar-refractivity contribution < 1.29 is 9.53 Å². The van der Waals surface area contributed by atoms with Crippen molar-refractivity contribution in [2.75, 3.05) is 39.4 Å². The van der Waals surface area contributed by atoms with E-state index >= 15 is 0 Å². The predicted molar refractivity (Wildman–Crippen MR) is 130 cm³/mol. The minimum absolute atomic E-state index is 0.0348. The van der Waals surface area contributed by atoms with Crippen LogP contribution in [-0.2, 0) is 16.1 Å². The van der Waals surface area contributed by atoms with Crippen molar-refractivity contribution in [2.45, 2.75) is 39.2 Å². The third-order valence-corrected chi connectivity index (χ3v) is 6.48. The van der Waals surface area contributed by atoms with Gasteiger partial charge in [0.15, 0.2) is 0 Å². The molecule has 5 heteroatoms. The number of nitrogens with zero attached hydrogens (tertiary/aromatic N) is 2. The Hall–Kier alpha value is -2.63. The maximum atomic E-state index is 13.0. The van der Waals surface area contributed by atoms with E-state index in [0.717, 1.165) is 45.8 Å². The first-order chi connectivity index (χ1) is 15.7. The molecule has 0 bridgehead atoms. The Morgan fingerprint density at radius 3 is 2.59 bits per heavy atom. The van der Waals surface area contributed by atoms with Crippen LogP contribution in [0.5, 0.6) is 0 Å². The lowest BCUT2D eigenvalue weighted by atomic mass is 9.87. The minimum Gasteiger partial charge on any atom is -0.379 e. The van der Waals surface area contributed by atoms with Crippen molar-refractivity contribution in [2.24, 2.45) is 0 Å². The molecule has 3 aromatic rings. The van der Waals surface area contributed by atoms with Crippen molar-refractivity contribution in [3.05, 3.63) is 71.4 Å². The molecular formula is C27H35N3O2. The van der Waals surface area contributed by atoms with Gasteiger partial charge in [-0.05, 0) is 44.0 Å². The van der Waals surface area contributed by atoms with Gasteiger partial charge in [-0.25, -0.2) is 0 Å². The molecule has 1 unspecified atom stereocenters. The highest BCUT2D eigenvalue weighted by Gasteiger charge is 2.22. The van der Waals surface area contributed by atoms with Crippen LogP contribution in [0.4, 0.5) is 0 Å². The highest BCUT2D eigenvalue weighted by atomic mass is 16.5. The van der Waals surface area contributed by atoms with Gasteiger partial charge >= 0.3 is 0 Å². The van der Waals surface area contributed by atoms with Gasteiger partial charge in [-0.1, -0.05) is 48.0 Å². The number of rotatable bonds is 9. The first-order valence-electron chi connectivity index (χ1n) is 11.9. The van der Waals surface area contributed by atoms with Gasteiger partial charge in [0, 0.05) is 55.6 Å². The van der Waals surface area contributed by atoms with Gasteiger partial charge in [0.25, 0.3) is 0 Å². The third-order valence-electron chi connectivity index (χ3n) is 6.48. The molecule has 1 saturated heterocycles. The lowest BCUT2D eigenvalue weighted by Gasteiger charge is -2.26. The molecule has 2 aromatic carbocycles. The van der Waals surface area contributed by atoms with Crippen LogP contribution in [0.1, 0.15) is 42.4 Å². The molecule has 32 heavy (non-hydrogen) atoms. The van der Waals surface area contributed by atoms with Crippen LogP contribution < -0.4 is 5.32 Å². The number of nitrogens with one attached hydrogen (secondary N) is 1. The summed E-state index contributed by atoms with van der Waals surface area (Å²) in [6.45, 7) is 10.5. The largest absolute Gasteiger partial charge is 0.379 e. The van der Waals surface area contributed by atoms with E-state index in [4.69, 9.17) is 4.74 Å². The van der Waals surface area contributed by atoms with Crippen molar-refractivity contribution in [1.29, 1.82) is 0 Å². The van der Waals surface area contributed by atoms with E-state index in [1.54, 1.807) is 0 Å². The summed E-state index contributed by atoms with van der Waals surface area (Å²) < 4.78 is 7.69. The molecule has 0 spiro atoms. The average molecular weight is 434 g/mol. The van der Waals surface area contributed by atoms with Crippen molar-refractivity contribution >= 4 is 16.8 Å². The number of fused-ring (bicyclic) bond motifs is 1. The number of hydrogen-bond acceptors (Lipinski definition) is 3. The van der Waals surface area contributed by atoms with E-state index in [-0.39, 0.29) is 11.8 Å². The summed E-state index contributed by atoms with van der Waals surface area (Å²) in [6.07, 6.45) is 3.66. The van der Waals surface area contributed by atoms with E-state index in [1.165, 1.54) is 27.6 Å². The van der Waals surface area contributed by atoms with Gasteiger partial charge in [0.05, 0.1) is 13.2 Å². The molecule has 1 N–H and O–H groups in total.